The summed E-state index contributed by atoms with van der Waals surface area (Å²) in [4.78, 5) is 38.1. The van der Waals surface area contributed by atoms with E-state index in [9.17, 15) is 14.4 Å². The maximum Gasteiger partial charge on any atom is 0.347 e. The molecule has 1 unspecified atom stereocenters. The second-order valence-electron chi connectivity index (χ2n) is 7.82. The summed E-state index contributed by atoms with van der Waals surface area (Å²) >= 11 is 0. The van der Waals surface area contributed by atoms with Crippen LogP contribution < -0.4 is 16.5 Å². The Labute approximate surface area is 168 Å². The Hall–Kier alpha value is -2.94. The molecule has 2 aliphatic rings. The summed E-state index contributed by atoms with van der Waals surface area (Å²) < 4.78 is 1.65. The summed E-state index contributed by atoms with van der Waals surface area (Å²) in [7, 11) is 0. The van der Waals surface area contributed by atoms with Gasteiger partial charge >= 0.3 is 5.69 Å². The average Bonchev–Trinajstić information content (AvgIpc) is 3.09. The number of hydrazine groups is 1. The van der Waals surface area contributed by atoms with Gasteiger partial charge in [0.2, 0.25) is 11.8 Å². The van der Waals surface area contributed by atoms with Crippen molar-refractivity contribution in [3.05, 3.63) is 46.1 Å². The lowest BCUT2D eigenvalue weighted by atomic mass is 9.92. The highest BCUT2D eigenvalue weighted by molar-refractivity contribution is 5.85. The van der Waals surface area contributed by atoms with Crippen LogP contribution in [0.15, 0.2) is 29.1 Å². The molecule has 1 atom stereocenters. The van der Waals surface area contributed by atoms with Gasteiger partial charge in [-0.1, -0.05) is 18.2 Å². The van der Waals surface area contributed by atoms with Gasteiger partial charge < -0.3 is 4.90 Å². The van der Waals surface area contributed by atoms with E-state index in [1.807, 2.05) is 36.1 Å². The van der Waals surface area contributed by atoms with Crippen LogP contribution >= 0.6 is 0 Å². The molecular formula is C20H26N6O3. The Balaban J connectivity index is 1.38. The van der Waals surface area contributed by atoms with Crippen molar-refractivity contribution in [2.75, 3.05) is 13.1 Å². The minimum Gasteiger partial charge on any atom is -0.341 e. The van der Waals surface area contributed by atoms with Gasteiger partial charge in [-0.15, -0.1) is 0 Å². The highest BCUT2D eigenvalue weighted by atomic mass is 16.2. The van der Waals surface area contributed by atoms with Crippen LogP contribution in [0.25, 0.3) is 5.69 Å². The second kappa shape index (κ2) is 8.20. The maximum atomic E-state index is 12.7. The lowest BCUT2D eigenvalue weighted by molar-refractivity contribution is -0.137. The average molecular weight is 398 g/mol. The van der Waals surface area contributed by atoms with Gasteiger partial charge in [-0.05, 0) is 43.7 Å². The van der Waals surface area contributed by atoms with Crippen molar-refractivity contribution in [1.29, 1.82) is 0 Å². The number of H-pyrrole nitrogens is 1. The zero-order chi connectivity index (χ0) is 20.4. The molecule has 29 heavy (non-hydrogen) atoms. The predicted molar refractivity (Wildman–Crippen MR) is 106 cm³/mol. The molecule has 2 aliphatic heterocycles. The van der Waals surface area contributed by atoms with E-state index in [1.54, 1.807) is 4.57 Å². The highest BCUT2D eigenvalue weighted by Crippen LogP contribution is 2.23. The molecule has 0 spiro atoms. The van der Waals surface area contributed by atoms with E-state index in [-0.39, 0.29) is 23.5 Å². The molecule has 3 N–H and O–H groups in total. The van der Waals surface area contributed by atoms with Gasteiger partial charge in [0.25, 0.3) is 0 Å². The summed E-state index contributed by atoms with van der Waals surface area (Å²) in [6.45, 7) is 3.33. The number of carbonyl (C=O) groups is 2. The van der Waals surface area contributed by atoms with Crippen molar-refractivity contribution in [3.63, 3.8) is 0 Å². The SMILES string of the molecule is Cc1ccccc1-n1c(CC2CCN(C(=O)C3CCC(=O)NN3)CC2)n[nH]c1=O. The Morgan fingerprint density at radius 1 is 1.17 bits per heavy atom. The van der Waals surface area contributed by atoms with Gasteiger partial charge in [0.05, 0.1) is 5.69 Å². The molecule has 0 radical (unpaired) electrons. The van der Waals surface area contributed by atoms with Crippen molar-refractivity contribution < 1.29 is 9.59 Å². The molecule has 2 fully saturated rings. The van der Waals surface area contributed by atoms with Gasteiger partial charge in [0.15, 0.2) is 0 Å². The minimum absolute atomic E-state index is 0.0417. The summed E-state index contributed by atoms with van der Waals surface area (Å²) in [5.74, 6) is 1.05. The molecule has 2 aromatic rings. The van der Waals surface area contributed by atoms with Crippen molar-refractivity contribution in [2.24, 2.45) is 5.92 Å². The van der Waals surface area contributed by atoms with Crippen LogP contribution in [0.3, 0.4) is 0 Å². The van der Waals surface area contributed by atoms with E-state index in [0.29, 0.717) is 38.3 Å². The maximum absolute atomic E-state index is 12.7. The van der Waals surface area contributed by atoms with E-state index >= 15 is 0 Å². The first-order valence-electron chi connectivity index (χ1n) is 10.1. The number of para-hydroxylation sites is 1. The molecule has 2 amide bonds. The molecule has 0 bridgehead atoms. The standard InChI is InChI=1S/C20H26N6O3/c1-13-4-2-3-5-16(13)26-17(22-24-20(26)29)12-14-8-10-25(11-9-14)19(28)15-6-7-18(27)23-21-15/h2-5,14-15,21H,6-12H2,1H3,(H,23,27)(H,24,29). The third kappa shape index (κ3) is 4.09. The van der Waals surface area contributed by atoms with Gasteiger partial charge in [0, 0.05) is 25.9 Å². The molecule has 4 rings (SSSR count). The first-order chi connectivity index (χ1) is 14.0. The van der Waals surface area contributed by atoms with Crippen LogP contribution in [-0.4, -0.2) is 50.6 Å². The summed E-state index contributed by atoms with van der Waals surface area (Å²) in [5, 5.41) is 6.83. The summed E-state index contributed by atoms with van der Waals surface area (Å²) in [5.41, 5.74) is 6.98. The summed E-state index contributed by atoms with van der Waals surface area (Å²) in [6, 6.07) is 7.42. The number of amides is 2. The van der Waals surface area contributed by atoms with Crippen molar-refractivity contribution >= 4 is 11.8 Å². The highest BCUT2D eigenvalue weighted by Gasteiger charge is 2.31. The molecule has 3 heterocycles. The predicted octanol–water partition coefficient (Wildman–Crippen LogP) is 0.433. The lowest BCUT2D eigenvalue weighted by Gasteiger charge is -2.35. The smallest absolute Gasteiger partial charge is 0.341 e. The topological polar surface area (TPSA) is 112 Å². The Bertz CT molecular complexity index is 947. The fraction of sp³-hybridized carbons (Fsp3) is 0.500. The number of aromatic amines is 1. The number of hydrogen-bond donors (Lipinski definition) is 3. The lowest BCUT2D eigenvalue weighted by Crippen LogP contribution is -2.57. The van der Waals surface area contributed by atoms with Crippen LogP contribution in [0.5, 0.6) is 0 Å². The number of nitrogens with one attached hydrogen (secondary N) is 3. The Kier molecular flexibility index (Phi) is 5.48. The monoisotopic (exact) mass is 398 g/mol. The van der Waals surface area contributed by atoms with E-state index in [1.165, 1.54) is 0 Å². The molecule has 9 nitrogen and oxygen atoms in total. The number of nitrogens with zero attached hydrogens (tertiary/aromatic N) is 3. The van der Waals surface area contributed by atoms with Gasteiger partial charge in [-0.25, -0.2) is 19.9 Å². The van der Waals surface area contributed by atoms with E-state index in [2.05, 4.69) is 21.0 Å². The molecular weight excluding hydrogens is 372 g/mol. The third-order valence-corrected chi connectivity index (χ3v) is 5.84. The number of aromatic nitrogens is 3. The zero-order valence-corrected chi connectivity index (χ0v) is 16.5. The first-order valence-corrected chi connectivity index (χ1v) is 10.1. The molecule has 2 saturated heterocycles. The molecule has 0 aliphatic carbocycles. The number of benzene rings is 1. The second-order valence-corrected chi connectivity index (χ2v) is 7.82. The Morgan fingerprint density at radius 3 is 2.62 bits per heavy atom. The zero-order valence-electron chi connectivity index (χ0n) is 16.5. The number of piperidine rings is 1. The van der Waals surface area contributed by atoms with E-state index < -0.39 is 0 Å². The third-order valence-electron chi connectivity index (χ3n) is 5.84. The van der Waals surface area contributed by atoms with E-state index in [0.717, 1.165) is 29.9 Å². The molecule has 9 heteroatoms. The number of rotatable bonds is 4. The van der Waals surface area contributed by atoms with Gasteiger partial charge in [0.1, 0.15) is 11.9 Å². The minimum atomic E-state index is -0.346. The molecule has 154 valence electrons. The quantitative estimate of drug-likeness (QED) is 0.692. The van der Waals surface area contributed by atoms with Crippen molar-refractivity contribution in [2.45, 2.75) is 45.1 Å². The Morgan fingerprint density at radius 2 is 1.93 bits per heavy atom. The fourth-order valence-corrected chi connectivity index (χ4v) is 4.13. The molecule has 0 saturated carbocycles. The number of carbonyl (C=O) groups excluding carboxylic acids is 2. The van der Waals surface area contributed by atoms with Crippen LogP contribution in [0, 0.1) is 12.8 Å². The van der Waals surface area contributed by atoms with Gasteiger partial charge in [-0.3, -0.25) is 15.0 Å². The fourth-order valence-electron chi connectivity index (χ4n) is 4.13. The normalized spacial score (nSPS) is 20.5. The van der Waals surface area contributed by atoms with Crippen LogP contribution in [0.1, 0.15) is 37.1 Å². The summed E-state index contributed by atoms with van der Waals surface area (Å²) in [6.07, 6.45) is 3.31. The number of aryl methyl sites for hydroxylation is 1. The number of hydrogen-bond acceptors (Lipinski definition) is 5. The van der Waals surface area contributed by atoms with E-state index in [4.69, 9.17) is 0 Å². The molecule has 1 aromatic heterocycles. The van der Waals surface area contributed by atoms with Crippen molar-refractivity contribution in [1.82, 2.24) is 30.5 Å². The number of likely N-dealkylation sites (tertiary alicyclic amines) is 1. The first kappa shape index (κ1) is 19.4. The van der Waals surface area contributed by atoms with Crippen LogP contribution in [0.2, 0.25) is 0 Å². The van der Waals surface area contributed by atoms with Crippen LogP contribution in [0.4, 0.5) is 0 Å². The van der Waals surface area contributed by atoms with Crippen molar-refractivity contribution in [3.8, 4) is 5.69 Å². The molecule has 1 aromatic carbocycles. The van der Waals surface area contributed by atoms with Gasteiger partial charge in [-0.2, -0.15) is 5.10 Å². The van der Waals surface area contributed by atoms with Crippen LogP contribution in [-0.2, 0) is 16.0 Å². The largest absolute Gasteiger partial charge is 0.347 e.